The van der Waals surface area contributed by atoms with Gasteiger partial charge in [0.2, 0.25) is 5.91 Å². The molecule has 0 aliphatic rings. The molecule has 0 saturated carbocycles. The normalized spacial score (nSPS) is 10.6. The molecule has 0 atom stereocenters. The number of hydrogen-bond acceptors (Lipinski definition) is 4. The quantitative estimate of drug-likeness (QED) is 0.735. The lowest BCUT2D eigenvalue weighted by Gasteiger charge is -2.18. The van der Waals surface area contributed by atoms with Crippen molar-refractivity contribution in [3.8, 4) is 0 Å². The average molecular weight is 269 g/mol. The first-order valence-electron chi connectivity index (χ1n) is 6.62. The molecule has 1 N–H and O–H groups in total. The van der Waals surface area contributed by atoms with Gasteiger partial charge in [0.05, 0.1) is 10.7 Å². The van der Waals surface area contributed by atoms with E-state index < -0.39 is 0 Å². The average Bonchev–Trinajstić information content (AvgIpc) is 2.84. The molecule has 0 aliphatic carbocycles. The van der Waals surface area contributed by atoms with Gasteiger partial charge in [-0.3, -0.25) is 4.79 Å². The van der Waals surface area contributed by atoms with Crippen LogP contribution in [0.2, 0.25) is 0 Å². The van der Waals surface area contributed by atoms with E-state index in [0.717, 1.165) is 31.7 Å². The Bertz CT molecular complexity index is 361. The summed E-state index contributed by atoms with van der Waals surface area (Å²) < 4.78 is 0. The minimum Gasteiger partial charge on any atom is -0.343 e. The summed E-state index contributed by atoms with van der Waals surface area (Å²) in [6, 6.07) is 0. The molecule has 0 aromatic carbocycles. The molecule has 0 saturated heterocycles. The zero-order chi connectivity index (χ0) is 13.4. The number of amides is 1. The van der Waals surface area contributed by atoms with E-state index in [-0.39, 0.29) is 5.91 Å². The lowest BCUT2D eigenvalue weighted by Crippen LogP contribution is -2.32. The maximum Gasteiger partial charge on any atom is 0.223 e. The van der Waals surface area contributed by atoms with Crippen LogP contribution in [0.4, 0.5) is 0 Å². The van der Waals surface area contributed by atoms with E-state index >= 15 is 0 Å². The van der Waals surface area contributed by atoms with E-state index in [0.29, 0.717) is 13.0 Å². The fraction of sp³-hybridized carbons (Fsp3) is 0.692. The van der Waals surface area contributed by atoms with Crippen molar-refractivity contribution in [3.05, 3.63) is 16.1 Å². The van der Waals surface area contributed by atoms with Crippen LogP contribution in [0.15, 0.2) is 5.38 Å². The van der Waals surface area contributed by atoms with Crippen LogP contribution in [0.1, 0.15) is 37.9 Å². The van der Waals surface area contributed by atoms with Crippen molar-refractivity contribution in [2.75, 3.05) is 19.6 Å². The highest BCUT2D eigenvalue weighted by molar-refractivity contribution is 7.09. The van der Waals surface area contributed by atoms with E-state index in [2.05, 4.69) is 22.6 Å². The first-order valence-corrected chi connectivity index (χ1v) is 7.50. The van der Waals surface area contributed by atoms with Gasteiger partial charge in [-0.15, -0.1) is 11.3 Å². The maximum absolute atomic E-state index is 11.7. The van der Waals surface area contributed by atoms with Crippen molar-refractivity contribution in [1.29, 1.82) is 0 Å². The SMILES string of the molecule is CCc1nc(CNCCC(=O)N(CC)CC)cs1. The largest absolute Gasteiger partial charge is 0.343 e. The molecule has 1 aromatic heterocycles. The number of aryl methyl sites for hydroxylation is 1. The van der Waals surface area contributed by atoms with E-state index in [9.17, 15) is 4.79 Å². The predicted octanol–water partition coefficient (Wildman–Crippen LogP) is 2.05. The van der Waals surface area contributed by atoms with E-state index in [1.165, 1.54) is 5.01 Å². The third-order valence-electron chi connectivity index (χ3n) is 2.84. The van der Waals surface area contributed by atoms with Gasteiger partial charge in [0, 0.05) is 38.0 Å². The number of hydrogen-bond donors (Lipinski definition) is 1. The fourth-order valence-electron chi connectivity index (χ4n) is 1.74. The van der Waals surface area contributed by atoms with Gasteiger partial charge in [-0.05, 0) is 20.3 Å². The molecule has 1 aromatic rings. The molecule has 4 nitrogen and oxygen atoms in total. The Morgan fingerprint density at radius 1 is 1.39 bits per heavy atom. The topological polar surface area (TPSA) is 45.2 Å². The monoisotopic (exact) mass is 269 g/mol. The van der Waals surface area contributed by atoms with Crippen LogP contribution in [-0.2, 0) is 17.8 Å². The van der Waals surface area contributed by atoms with Crippen molar-refractivity contribution in [1.82, 2.24) is 15.2 Å². The Hall–Kier alpha value is -0.940. The van der Waals surface area contributed by atoms with Gasteiger partial charge >= 0.3 is 0 Å². The summed E-state index contributed by atoms with van der Waals surface area (Å²) in [7, 11) is 0. The molecular weight excluding hydrogens is 246 g/mol. The number of carbonyl (C=O) groups excluding carboxylic acids is 1. The molecule has 0 spiro atoms. The van der Waals surface area contributed by atoms with Gasteiger partial charge in [0.15, 0.2) is 0 Å². The number of thiazole rings is 1. The number of aromatic nitrogens is 1. The summed E-state index contributed by atoms with van der Waals surface area (Å²) in [6.07, 6.45) is 1.55. The minimum atomic E-state index is 0.222. The maximum atomic E-state index is 11.7. The molecule has 0 aliphatic heterocycles. The molecule has 1 amide bonds. The second-order valence-corrected chi connectivity index (χ2v) is 5.02. The number of carbonyl (C=O) groups is 1. The Morgan fingerprint density at radius 3 is 2.67 bits per heavy atom. The number of nitrogens with zero attached hydrogens (tertiary/aromatic N) is 2. The first-order chi connectivity index (χ1) is 8.71. The molecule has 0 bridgehead atoms. The molecular formula is C13H23N3OS. The van der Waals surface area contributed by atoms with Gasteiger partial charge in [-0.2, -0.15) is 0 Å². The zero-order valence-electron chi connectivity index (χ0n) is 11.5. The molecule has 0 unspecified atom stereocenters. The minimum absolute atomic E-state index is 0.222. The Kier molecular flexibility index (Phi) is 6.90. The van der Waals surface area contributed by atoms with Crippen LogP contribution in [0.3, 0.4) is 0 Å². The van der Waals surface area contributed by atoms with Gasteiger partial charge in [0.1, 0.15) is 0 Å². The molecule has 102 valence electrons. The van der Waals surface area contributed by atoms with Crippen molar-refractivity contribution in [2.24, 2.45) is 0 Å². The van der Waals surface area contributed by atoms with Crippen LogP contribution in [0.5, 0.6) is 0 Å². The summed E-state index contributed by atoms with van der Waals surface area (Å²) >= 11 is 1.70. The second kappa shape index (κ2) is 8.21. The molecule has 5 heteroatoms. The summed E-state index contributed by atoms with van der Waals surface area (Å²) in [5.41, 5.74) is 1.08. The number of rotatable bonds is 8. The zero-order valence-corrected chi connectivity index (χ0v) is 12.3. The molecule has 18 heavy (non-hydrogen) atoms. The highest BCUT2D eigenvalue weighted by atomic mass is 32.1. The first kappa shape index (κ1) is 15.1. The lowest BCUT2D eigenvalue weighted by molar-refractivity contribution is -0.130. The van der Waals surface area contributed by atoms with Crippen LogP contribution in [0, 0.1) is 0 Å². The summed E-state index contributed by atoms with van der Waals surface area (Å²) in [5.74, 6) is 0.222. The van der Waals surface area contributed by atoms with Gasteiger partial charge in [0.25, 0.3) is 0 Å². The van der Waals surface area contributed by atoms with Crippen molar-refractivity contribution >= 4 is 17.2 Å². The Morgan fingerprint density at radius 2 is 2.11 bits per heavy atom. The van der Waals surface area contributed by atoms with E-state index in [1.54, 1.807) is 11.3 Å². The van der Waals surface area contributed by atoms with Crippen LogP contribution >= 0.6 is 11.3 Å². The standard InChI is InChI=1S/C13H23N3OS/c1-4-12-15-11(10-18-12)9-14-8-7-13(17)16(5-2)6-3/h10,14H,4-9H2,1-3H3. The smallest absolute Gasteiger partial charge is 0.223 e. The summed E-state index contributed by atoms with van der Waals surface area (Å²) in [4.78, 5) is 18.1. The van der Waals surface area contributed by atoms with E-state index in [1.807, 2.05) is 18.7 Å². The highest BCUT2D eigenvalue weighted by Gasteiger charge is 2.08. The van der Waals surface area contributed by atoms with Crippen LogP contribution < -0.4 is 5.32 Å². The molecule has 1 heterocycles. The Labute approximate surface area is 113 Å². The van der Waals surface area contributed by atoms with Gasteiger partial charge < -0.3 is 10.2 Å². The highest BCUT2D eigenvalue weighted by Crippen LogP contribution is 2.09. The van der Waals surface area contributed by atoms with Gasteiger partial charge in [-0.25, -0.2) is 4.98 Å². The third kappa shape index (κ3) is 4.74. The van der Waals surface area contributed by atoms with Crippen molar-refractivity contribution in [2.45, 2.75) is 40.2 Å². The van der Waals surface area contributed by atoms with Gasteiger partial charge in [-0.1, -0.05) is 6.92 Å². The van der Waals surface area contributed by atoms with Crippen LogP contribution in [0.25, 0.3) is 0 Å². The summed E-state index contributed by atoms with van der Waals surface area (Å²) in [6.45, 7) is 9.18. The number of nitrogens with one attached hydrogen (secondary N) is 1. The second-order valence-electron chi connectivity index (χ2n) is 4.08. The van der Waals surface area contributed by atoms with Crippen LogP contribution in [-0.4, -0.2) is 35.4 Å². The fourth-order valence-corrected chi connectivity index (χ4v) is 2.48. The van der Waals surface area contributed by atoms with Crippen molar-refractivity contribution < 1.29 is 4.79 Å². The molecule has 0 fully saturated rings. The predicted molar refractivity (Wildman–Crippen MR) is 75.7 cm³/mol. The van der Waals surface area contributed by atoms with E-state index in [4.69, 9.17) is 0 Å². The molecule has 1 rings (SSSR count). The van der Waals surface area contributed by atoms with Crippen molar-refractivity contribution in [3.63, 3.8) is 0 Å². The third-order valence-corrected chi connectivity index (χ3v) is 3.88. The summed E-state index contributed by atoms with van der Waals surface area (Å²) in [5, 5.41) is 6.52. The lowest BCUT2D eigenvalue weighted by atomic mass is 10.3. The Balaban J connectivity index is 2.20. The molecule has 0 radical (unpaired) electrons.